The van der Waals surface area contributed by atoms with Crippen LogP contribution in [0.1, 0.15) is 29.1 Å². The molecule has 1 aliphatic heterocycles. The molecule has 0 bridgehead atoms. The minimum Gasteiger partial charge on any atom is -0.494 e. The van der Waals surface area contributed by atoms with Crippen molar-refractivity contribution in [1.82, 2.24) is 4.98 Å². The molecule has 0 fully saturated rings. The maximum Gasteiger partial charge on any atom is 0.270 e. The Morgan fingerprint density at radius 2 is 2.10 bits per heavy atom. The van der Waals surface area contributed by atoms with Gasteiger partial charge in [-0.2, -0.15) is 0 Å². The molecule has 1 atom stereocenters. The van der Waals surface area contributed by atoms with E-state index in [0.717, 1.165) is 39.0 Å². The summed E-state index contributed by atoms with van der Waals surface area (Å²) in [6, 6.07) is 16.0. The standard InChI is InChI=1S/C23H21N3O2S/c1-3-28-16-8-9-18-15(11-16)12-17-20(24)21(29-22(17)25-18)23(27)26-13(2)10-14-6-4-5-7-19(14)26/h4-9,11-13H,3,10,24H2,1-2H3. The zero-order valence-corrected chi connectivity index (χ0v) is 17.1. The molecule has 0 saturated heterocycles. The first-order valence-corrected chi connectivity index (χ1v) is 10.6. The summed E-state index contributed by atoms with van der Waals surface area (Å²) in [6.45, 7) is 4.64. The molecule has 0 aliphatic carbocycles. The van der Waals surface area contributed by atoms with Gasteiger partial charge in [0.05, 0.1) is 17.8 Å². The summed E-state index contributed by atoms with van der Waals surface area (Å²) < 4.78 is 5.60. The SMILES string of the molecule is CCOc1ccc2nc3sc(C(=O)N4c5ccccc5CC4C)c(N)c3cc2c1. The number of pyridine rings is 1. The summed E-state index contributed by atoms with van der Waals surface area (Å²) in [6.07, 6.45) is 0.856. The van der Waals surface area contributed by atoms with E-state index in [1.165, 1.54) is 16.9 Å². The summed E-state index contributed by atoms with van der Waals surface area (Å²) in [5.41, 5.74) is 9.99. The average molecular weight is 404 g/mol. The first kappa shape index (κ1) is 17.9. The Bertz CT molecular complexity index is 1260. The molecule has 3 heterocycles. The van der Waals surface area contributed by atoms with E-state index in [1.807, 2.05) is 54.3 Å². The predicted molar refractivity (Wildman–Crippen MR) is 119 cm³/mol. The Kier molecular flexibility index (Phi) is 4.17. The largest absolute Gasteiger partial charge is 0.494 e. The van der Waals surface area contributed by atoms with Crippen molar-refractivity contribution in [3.8, 4) is 5.75 Å². The van der Waals surface area contributed by atoms with Gasteiger partial charge in [0.25, 0.3) is 5.91 Å². The first-order valence-electron chi connectivity index (χ1n) is 9.74. The van der Waals surface area contributed by atoms with Gasteiger partial charge < -0.3 is 15.4 Å². The molecule has 2 N–H and O–H groups in total. The van der Waals surface area contributed by atoms with E-state index in [4.69, 9.17) is 15.5 Å². The molecular formula is C23H21N3O2S. The highest BCUT2D eigenvalue weighted by molar-refractivity contribution is 7.21. The van der Waals surface area contributed by atoms with E-state index in [0.29, 0.717) is 17.2 Å². The monoisotopic (exact) mass is 403 g/mol. The molecule has 2 aromatic carbocycles. The van der Waals surface area contributed by atoms with E-state index in [9.17, 15) is 4.79 Å². The number of anilines is 2. The zero-order chi connectivity index (χ0) is 20.1. The lowest BCUT2D eigenvalue weighted by atomic mass is 10.1. The molecule has 2 aromatic heterocycles. The van der Waals surface area contributed by atoms with E-state index >= 15 is 0 Å². The van der Waals surface area contributed by atoms with Gasteiger partial charge in [0.15, 0.2) is 0 Å². The van der Waals surface area contributed by atoms with Crippen LogP contribution in [-0.4, -0.2) is 23.5 Å². The summed E-state index contributed by atoms with van der Waals surface area (Å²) in [7, 11) is 0. The van der Waals surface area contributed by atoms with Crippen LogP contribution in [0.3, 0.4) is 0 Å². The number of benzene rings is 2. The molecule has 146 valence electrons. The lowest BCUT2D eigenvalue weighted by molar-refractivity contribution is 0.0986. The van der Waals surface area contributed by atoms with Crippen molar-refractivity contribution in [3.63, 3.8) is 0 Å². The minimum absolute atomic E-state index is 0.0537. The molecule has 0 spiro atoms. The molecule has 5 nitrogen and oxygen atoms in total. The summed E-state index contributed by atoms with van der Waals surface area (Å²) in [4.78, 5) is 21.4. The molecule has 5 rings (SSSR count). The number of hydrogen-bond acceptors (Lipinski definition) is 5. The maximum absolute atomic E-state index is 13.5. The van der Waals surface area contributed by atoms with Crippen molar-refractivity contribution < 1.29 is 9.53 Å². The highest BCUT2D eigenvalue weighted by atomic mass is 32.1. The lowest BCUT2D eigenvalue weighted by Crippen LogP contribution is -2.35. The molecule has 1 amide bonds. The highest BCUT2D eigenvalue weighted by Crippen LogP contribution is 2.39. The van der Waals surface area contributed by atoms with Crippen LogP contribution in [0.4, 0.5) is 11.4 Å². The normalized spacial score (nSPS) is 15.8. The number of rotatable bonds is 3. The number of nitrogen functional groups attached to an aromatic ring is 1. The number of fused-ring (bicyclic) bond motifs is 3. The Labute approximate surface area is 172 Å². The number of ether oxygens (including phenoxy) is 1. The zero-order valence-electron chi connectivity index (χ0n) is 16.3. The lowest BCUT2D eigenvalue weighted by Gasteiger charge is -2.22. The number of thiophene rings is 1. The van der Waals surface area contributed by atoms with Crippen LogP contribution >= 0.6 is 11.3 Å². The summed E-state index contributed by atoms with van der Waals surface area (Å²) in [5.74, 6) is 0.746. The fraction of sp³-hybridized carbons (Fsp3) is 0.217. The van der Waals surface area contributed by atoms with Crippen molar-refractivity contribution >= 4 is 49.7 Å². The third kappa shape index (κ3) is 2.83. The van der Waals surface area contributed by atoms with Crippen molar-refractivity contribution in [2.75, 3.05) is 17.2 Å². The van der Waals surface area contributed by atoms with Crippen LogP contribution in [0.5, 0.6) is 5.75 Å². The van der Waals surface area contributed by atoms with Crippen LogP contribution in [0.2, 0.25) is 0 Å². The number of carbonyl (C=O) groups excluding carboxylic acids is 1. The van der Waals surface area contributed by atoms with Gasteiger partial charge in [-0.3, -0.25) is 4.79 Å². The first-order chi connectivity index (χ1) is 14.1. The van der Waals surface area contributed by atoms with E-state index in [2.05, 4.69) is 13.0 Å². The number of nitrogens with two attached hydrogens (primary N) is 1. The average Bonchev–Trinajstić information content (AvgIpc) is 3.22. The van der Waals surface area contributed by atoms with Crippen LogP contribution in [-0.2, 0) is 6.42 Å². The highest BCUT2D eigenvalue weighted by Gasteiger charge is 2.33. The smallest absolute Gasteiger partial charge is 0.270 e. The van der Waals surface area contributed by atoms with Crippen molar-refractivity contribution in [2.45, 2.75) is 26.3 Å². The van der Waals surface area contributed by atoms with Crippen LogP contribution in [0.25, 0.3) is 21.1 Å². The van der Waals surface area contributed by atoms with Crippen LogP contribution in [0, 0.1) is 0 Å². The van der Waals surface area contributed by atoms with Gasteiger partial charge in [-0.1, -0.05) is 18.2 Å². The molecule has 1 aliphatic rings. The van der Waals surface area contributed by atoms with Gasteiger partial charge in [-0.15, -0.1) is 11.3 Å². The Balaban J connectivity index is 1.61. The van der Waals surface area contributed by atoms with E-state index in [1.54, 1.807) is 0 Å². The van der Waals surface area contributed by atoms with E-state index in [-0.39, 0.29) is 11.9 Å². The maximum atomic E-state index is 13.5. The van der Waals surface area contributed by atoms with Crippen molar-refractivity contribution in [3.05, 3.63) is 59.0 Å². The predicted octanol–water partition coefficient (Wildman–Crippen LogP) is 5.02. The summed E-state index contributed by atoms with van der Waals surface area (Å²) >= 11 is 1.37. The van der Waals surface area contributed by atoms with Crippen molar-refractivity contribution in [1.29, 1.82) is 0 Å². The third-order valence-corrected chi connectivity index (χ3v) is 6.52. The van der Waals surface area contributed by atoms with Crippen LogP contribution < -0.4 is 15.4 Å². The second-order valence-electron chi connectivity index (χ2n) is 7.33. The third-order valence-electron chi connectivity index (χ3n) is 5.42. The molecule has 4 aromatic rings. The van der Waals surface area contributed by atoms with Gasteiger partial charge in [0.1, 0.15) is 15.5 Å². The van der Waals surface area contributed by atoms with Crippen LogP contribution in [0.15, 0.2) is 48.5 Å². The Hall–Kier alpha value is -3.12. The summed E-state index contributed by atoms with van der Waals surface area (Å²) in [5, 5.41) is 1.77. The fourth-order valence-electron chi connectivity index (χ4n) is 4.08. The molecule has 0 radical (unpaired) electrons. The van der Waals surface area contributed by atoms with Gasteiger partial charge in [-0.05, 0) is 56.2 Å². The van der Waals surface area contributed by atoms with Gasteiger partial charge in [0, 0.05) is 22.5 Å². The molecule has 0 saturated carbocycles. The number of para-hydroxylation sites is 1. The Morgan fingerprint density at radius 3 is 2.93 bits per heavy atom. The van der Waals surface area contributed by atoms with Gasteiger partial charge >= 0.3 is 0 Å². The number of amides is 1. The molecule has 1 unspecified atom stereocenters. The molecule has 29 heavy (non-hydrogen) atoms. The number of carbonyl (C=O) groups is 1. The molecule has 6 heteroatoms. The number of nitrogens with zero attached hydrogens (tertiary/aromatic N) is 2. The second-order valence-corrected chi connectivity index (χ2v) is 8.33. The van der Waals surface area contributed by atoms with E-state index < -0.39 is 0 Å². The van der Waals surface area contributed by atoms with Gasteiger partial charge in [0.2, 0.25) is 0 Å². The second kappa shape index (κ2) is 6.74. The number of hydrogen-bond donors (Lipinski definition) is 1. The van der Waals surface area contributed by atoms with Crippen molar-refractivity contribution in [2.24, 2.45) is 0 Å². The van der Waals surface area contributed by atoms with Gasteiger partial charge in [-0.25, -0.2) is 4.98 Å². The fourth-order valence-corrected chi connectivity index (χ4v) is 5.10. The molecular weight excluding hydrogens is 382 g/mol. The Morgan fingerprint density at radius 1 is 1.28 bits per heavy atom. The quantitative estimate of drug-likeness (QED) is 0.521. The topological polar surface area (TPSA) is 68.5 Å². The number of aromatic nitrogens is 1. The minimum atomic E-state index is -0.0537.